The second kappa shape index (κ2) is 7.78. The third kappa shape index (κ3) is 3.75. The Morgan fingerprint density at radius 3 is 2.79 bits per heavy atom. The van der Waals surface area contributed by atoms with Gasteiger partial charge in [0.1, 0.15) is 17.4 Å². The Kier molecular flexibility index (Phi) is 5.34. The van der Waals surface area contributed by atoms with Crippen LogP contribution in [0.15, 0.2) is 24.4 Å². The fourth-order valence-electron chi connectivity index (χ4n) is 4.70. The van der Waals surface area contributed by atoms with E-state index < -0.39 is 0 Å². The molecule has 4 rings (SSSR count). The van der Waals surface area contributed by atoms with Gasteiger partial charge in [0.15, 0.2) is 0 Å². The van der Waals surface area contributed by atoms with Crippen LogP contribution >= 0.6 is 0 Å². The Morgan fingerprint density at radius 1 is 1.24 bits per heavy atom. The first-order valence-electron chi connectivity index (χ1n) is 10.2. The molecule has 0 unspecified atom stereocenters. The van der Waals surface area contributed by atoms with Crippen molar-refractivity contribution in [1.82, 2.24) is 19.4 Å². The number of halogens is 1. The largest absolute Gasteiger partial charge is 0.497 e. The maximum atomic E-state index is 14.3. The number of piperidine rings is 1. The number of carbonyl (C=O) groups is 1. The third-order valence-electron chi connectivity index (χ3n) is 6.57. The fourth-order valence-corrected chi connectivity index (χ4v) is 4.70. The van der Waals surface area contributed by atoms with Gasteiger partial charge in [0, 0.05) is 45.0 Å². The number of benzene rings is 1. The molecule has 29 heavy (non-hydrogen) atoms. The first kappa shape index (κ1) is 19.9. The molecule has 2 aromatic rings. The van der Waals surface area contributed by atoms with E-state index in [1.54, 1.807) is 19.2 Å². The summed E-state index contributed by atoms with van der Waals surface area (Å²) >= 11 is 0. The molecule has 1 aromatic heterocycles. The number of aryl methyl sites for hydroxylation is 1. The molecule has 1 aromatic carbocycles. The monoisotopic (exact) mass is 400 g/mol. The molecule has 2 saturated heterocycles. The van der Waals surface area contributed by atoms with Crippen LogP contribution in [0.2, 0.25) is 0 Å². The minimum Gasteiger partial charge on any atom is -0.497 e. The molecule has 6 nitrogen and oxygen atoms in total. The molecule has 7 heteroatoms. The number of hydrogen-bond donors (Lipinski definition) is 0. The molecule has 1 spiro atoms. The van der Waals surface area contributed by atoms with Crippen LogP contribution in [0, 0.1) is 18.2 Å². The van der Waals surface area contributed by atoms with Crippen molar-refractivity contribution in [3.05, 3.63) is 47.3 Å². The van der Waals surface area contributed by atoms with Gasteiger partial charge >= 0.3 is 0 Å². The van der Waals surface area contributed by atoms with Gasteiger partial charge in [0.05, 0.1) is 18.2 Å². The highest BCUT2D eigenvalue weighted by Gasteiger charge is 2.48. The van der Waals surface area contributed by atoms with Crippen molar-refractivity contribution in [2.45, 2.75) is 39.3 Å². The topological polar surface area (TPSA) is 50.6 Å². The molecular weight excluding hydrogens is 371 g/mol. The number of amides is 1. The molecule has 2 aliphatic heterocycles. The SMILES string of the molecule is COc1ccc(F)c(CN2CCC[C@]3(CCN(Cc4cnc(C)n4C)C3)C2=O)c1. The summed E-state index contributed by atoms with van der Waals surface area (Å²) in [5.41, 5.74) is 1.33. The lowest BCUT2D eigenvalue weighted by molar-refractivity contribution is -0.146. The second-order valence-electron chi connectivity index (χ2n) is 8.38. The van der Waals surface area contributed by atoms with E-state index in [4.69, 9.17) is 4.74 Å². The van der Waals surface area contributed by atoms with E-state index in [0.29, 0.717) is 24.4 Å². The van der Waals surface area contributed by atoms with Crippen LogP contribution in [0.4, 0.5) is 4.39 Å². The van der Waals surface area contributed by atoms with Gasteiger partial charge in [0.2, 0.25) is 5.91 Å². The number of ether oxygens (including phenoxy) is 1. The zero-order chi connectivity index (χ0) is 20.6. The van der Waals surface area contributed by atoms with E-state index in [0.717, 1.165) is 50.4 Å². The predicted molar refractivity (Wildman–Crippen MR) is 108 cm³/mol. The number of aromatic nitrogens is 2. The van der Waals surface area contributed by atoms with Crippen molar-refractivity contribution in [2.75, 3.05) is 26.7 Å². The van der Waals surface area contributed by atoms with Gasteiger partial charge < -0.3 is 14.2 Å². The molecule has 0 aliphatic carbocycles. The highest BCUT2D eigenvalue weighted by molar-refractivity contribution is 5.84. The van der Waals surface area contributed by atoms with E-state index >= 15 is 0 Å². The Balaban J connectivity index is 1.47. The molecule has 1 amide bonds. The van der Waals surface area contributed by atoms with Crippen LogP contribution in [0.25, 0.3) is 0 Å². The smallest absolute Gasteiger partial charge is 0.230 e. The lowest BCUT2D eigenvalue weighted by Gasteiger charge is -2.39. The first-order chi connectivity index (χ1) is 13.9. The second-order valence-corrected chi connectivity index (χ2v) is 8.38. The van der Waals surface area contributed by atoms with Crippen molar-refractivity contribution in [1.29, 1.82) is 0 Å². The van der Waals surface area contributed by atoms with Gasteiger partial charge in [0.25, 0.3) is 0 Å². The average molecular weight is 400 g/mol. The summed E-state index contributed by atoms with van der Waals surface area (Å²) in [6.07, 6.45) is 4.64. The number of imidazole rings is 1. The minimum absolute atomic E-state index is 0.162. The Labute approximate surface area is 171 Å². The van der Waals surface area contributed by atoms with Crippen LogP contribution in [-0.4, -0.2) is 52.0 Å². The van der Waals surface area contributed by atoms with Gasteiger partial charge in [-0.1, -0.05) is 0 Å². The number of hydrogen-bond acceptors (Lipinski definition) is 4. The van der Waals surface area contributed by atoms with Gasteiger partial charge in [-0.2, -0.15) is 0 Å². The van der Waals surface area contributed by atoms with Gasteiger partial charge in [-0.25, -0.2) is 9.37 Å². The van der Waals surface area contributed by atoms with Crippen molar-refractivity contribution in [3.63, 3.8) is 0 Å². The molecule has 3 heterocycles. The summed E-state index contributed by atoms with van der Waals surface area (Å²) in [5, 5.41) is 0. The zero-order valence-electron chi connectivity index (χ0n) is 17.4. The van der Waals surface area contributed by atoms with Gasteiger partial charge in [-0.05, 0) is 50.9 Å². The number of rotatable bonds is 5. The van der Waals surface area contributed by atoms with Crippen molar-refractivity contribution < 1.29 is 13.9 Å². The summed E-state index contributed by atoms with van der Waals surface area (Å²) in [5.74, 6) is 1.47. The maximum Gasteiger partial charge on any atom is 0.230 e. The molecule has 2 fully saturated rings. The minimum atomic E-state index is -0.346. The van der Waals surface area contributed by atoms with Crippen LogP contribution in [0.5, 0.6) is 5.75 Å². The highest BCUT2D eigenvalue weighted by atomic mass is 19.1. The summed E-state index contributed by atoms with van der Waals surface area (Å²) in [6, 6.07) is 4.70. The van der Waals surface area contributed by atoms with E-state index in [2.05, 4.69) is 14.5 Å². The lowest BCUT2D eigenvalue weighted by atomic mass is 9.78. The van der Waals surface area contributed by atoms with Crippen molar-refractivity contribution in [3.8, 4) is 5.75 Å². The molecule has 0 N–H and O–H groups in total. The standard InChI is InChI=1S/C22H29FN4O2/c1-16-24-12-18(25(16)2)14-26-10-8-22(15-26)7-4-9-27(21(22)28)13-17-11-19(29-3)5-6-20(17)23/h5-6,11-12H,4,7-10,13-15H2,1-3H3/t22-/m1/s1. The fraction of sp³-hybridized carbons (Fsp3) is 0.545. The average Bonchev–Trinajstić information content (AvgIpc) is 3.26. The van der Waals surface area contributed by atoms with E-state index in [-0.39, 0.29) is 17.1 Å². The van der Waals surface area contributed by atoms with Crippen LogP contribution < -0.4 is 4.74 Å². The van der Waals surface area contributed by atoms with Gasteiger partial charge in [-0.15, -0.1) is 0 Å². The zero-order valence-corrected chi connectivity index (χ0v) is 17.4. The van der Waals surface area contributed by atoms with Crippen LogP contribution in [0.3, 0.4) is 0 Å². The van der Waals surface area contributed by atoms with Crippen molar-refractivity contribution >= 4 is 5.91 Å². The summed E-state index contributed by atoms with van der Waals surface area (Å²) in [6.45, 7) is 5.43. The summed E-state index contributed by atoms with van der Waals surface area (Å²) < 4.78 is 21.6. The summed E-state index contributed by atoms with van der Waals surface area (Å²) in [7, 11) is 3.59. The molecule has 2 aliphatic rings. The molecule has 1 atom stereocenters. The van der Waals surface area contributed by atoms with E-state index in [9.17, 15) is 9.18 Å². The molecule has 0 radical (unpaired) electrons. The predicted octanol–water partition coefficient (Wildman–Crippen LogP) is 2.89. The molecular formula is C22H29FN4O2. The Morgan fingerprint density at radius 2 is 2.07 bits per heavy atom. The normalized spacial score (nSPS) is 22.6. The van der Waals surface area contributed by atoms with E-state index in [1.165, 1.54) is 6.07 Å². The summed E-state index contributed by atoms with van der Waals surface area (Å²) in [4.78, 5) is 22.0. The maximum absolute atomic E-state index is 14.3. The number of nitrogens with zero attached hydrogens (tertiary/aromatic N) is 4. The van der Waals surface area contributed by atoms with Gasteiger partial charge in [-0.3, -0.25) is 9.69 Å². The lowest BCUT2D eigenvalue weighted by Crippen LogP contribution is -2.49. The third-order valence-corrected chi connectivity index (χ3v) is 6.57. The number of methoxy groups -OCH3 is 1. The quantitative estimate of drug-likeness (QED) is 0.775. The first-order valence-corrected chi connectivity index (χ1v) is 10.2. The van der Waals surface area contributed by atoms with Crippen LogP contribution in [-0.2, 0) is 24.9 Å². The molecule has 0 bridgehead atoms. The molecule has 156 valence electrons. The Bertz CT molecular complexity index is 912. The van der Waals surface area contributed by atoms with E-state index in [1.807, 2.05) is 25.1 Å². The number of carbonyl (C=O) groups excluding carboxylic acids is 1. The molecule has 0 saturated carbocycles. The highest BCUT2D eigenvalue weighted by Crippen LogP contribution is 2.41. The number of likely N-dealkylation sites (tertiary alicyclic amines) is 2. The van der Waals surface area contributed by atoms with Crippen LogP contribution in [0.1, 0.15) is 36.3 Å². The van der Waals surface area contributed by atoms with Crippen molar-refractivity contribution in [2.24, 2.45) is 12.5 Å². The Hall–Kier alpha value is -2.41.